The lowest BCUT2D eigenvalue weighted by atomic mass is 10.1. The van der Waals surface area contributed by atoms with Gasteiger partial charge in [0.1, 0.15) is 17.3 Å². The SMILES string of the molecule is COc1ccc(Cc2nc(C(=O)Nc3ccc(CN4CCN(C)CC4)cc3)cc(=O)[nH]2)cc1. The van der Waals surface area contributed by atoms with Crippen molar-refractivity contribution in [2.45, 2.75) is 13.0 Å². The van der Waals surface area contributed by atoms with Crippen molar-refractivity contribution in [3.63, 3.8) is 0 Å². The number of aromatic nitrogens is 2. The maximum atomic E-state index is 12.7. The molecule has 1 fully saturated rings. The maximum Gasteiger partial charge on any atom is 0.274 e. The third-order valence-corrected chi connectivity index (χ3v) is 5.77. The number of methoxy groups -OCH3 is 1. The molecular weight excluding hydrogens is 418 g/mol. The topological polar surface area (TPSA) is 90.6 Å². The zero-order valence-electron chi connectivity index (χ0n) is 19.0. The number of aromatic amines is 1. The largest absolute Gasteiger partial charge is 0.497 e. The minimum absolute atomic E-state index is 0.0868. The quantitative estimate of drug-likeness (QED) is 0.578. The van der Waals surface area contributed by atoms with Crippen LogP contribution in [0.2, 0.25) is 0 Å². The second-order valence-corrected chi connectivity index (χ2v) is 8.33. The van der Waals surface area contributed by atoms with Gasteiger partial charge in [-0.2, -0.15) is 0 Å². The highest BCUT2D eigenvalue weighted by atomic mass is 16.5. The molecule has 2 heterocycles. The fourth-order valence-corrected chi connectivity index (χ4v) is 3.80. The highest BCUT2D eigenvalue weighted by molar-refractivity contribution is 6.02. The predicted molar refractivity (Wildman–Crippen MR) is 128 cm³/mol. The lowest BCUT2D eigenvalue weighted by Crippen LogP contribution is -2.43. The number of H-pyrrole nitrogens is 1. The van der Waals surface area contributed by atoms with Gasteiger partial charge in [0.15, 0.2) is 0 Å². The Morgan fingerprint density at radius 1 is 1.03 bits per heavy atom. The van der Waals surface area contributed by atoms with Gasteiger partial charge < -0.3 is 19.9 Å². The summed E-state index contributed by atoms with van der Waals surface area (Å²) in [6.07, 6.45) is 0.404. The van der Waals surface area contributed by atoms with Gasteiger partial charge >= 0.3 is 0 Å². The number of carbonyl (C=O) groups is 1. The summed E-state index contributed by atoms with van der Waals surface area (Å²) < 4.78 is 5.16. The first-order chi connectivity index (χ1) is 16.0. The van der Waals surface area contributed by atoms with Gasteiger partial charge in [0, 0.05) is 50.9 Å². The Balaban J connectivity index is 1.39. The van der Waals surface area contributed by atoms with Crippen molar-refractivity contribution in [3.8, 4) is 5.75 Å². The van der Waals surface area contributed by atoms with Crippen LogP contribution in [0, 0.1) is 0 Å². The lowest BCUT2D eigenvalue weighted by molar-refractivity contribution is 0.102. The molecule has 8 heteroatoms. The van der Waals surface area contributed by atoms with Crippen molar-refractivity contribution >= 4 is 11.6 Å². The zero-order valence-corrected chi connectivity index (χ0v) is 19.0. The van der Waals surface area contributed by atoms with E-state index in [0.29, 0.717) is 17.9 Å². The van der Waals surface area contributed by atoms with Crippen LogP contribution >= 0.6 is 0 Å². The normalized spacial score (nSPS) is 14.7. The number of hydrogen-bond donors (Lipinski definition) is 2. The molecule has 8 nitrogen and oxygen atoms in total. The van der Waals surface area contributed by atoms with E-state index in [0.717, 1.165) is 44.0 Å². The standard InChI is InChI=1S/C25H29N5O3/c1-29-11-13-30(14-12-29)17-19-3-7-20(8-4-19)26-25(32)22-16-24(31)28-23(27-22)15-18-5-9-21(33-2)10-6-18/h3-10,16H,11-15,17H2,1-2H3,(H,26,32)(H,27,28,31). The molecule has 33 heavy (non-hydrogen) atoms. The van der Waals surface area contributed by atoms with Crippen LogP contribution in [-0.2, 0) is 13.0 Å². The van der Waals surface area contributed by atoms with E-state index in [2.05, 4.69) is 32.1 Å². The molecule has 2 aromatic carbocycles. The molecule has 172 valence electrons. The van der Waals surface area contributed by atoms with Crippen molar-refractivity contribution in [2.75, 3.05) is 45.7 Å². The van der Waals surface area contributed by atoms with E-state index in [1.54, 1.807) is 7.11 Å². The average Bonchev–Trinajstić information content (AvgIpc) is 2.82. The van der Waals surface area contributed by atoms with E-state index in [1.165, 1.54) is 11.6 Å². The van der Waals surface area contributed by atoms with Crippen LogP contribution in [0.25, 0.3) is 0 Å². The molecule has 3 aromatic rings. The van der Waals surface area contributed by atoms with Crippen LogP contribution < -0.4 is 15.6 Å². The van der Waals surface area contributed by atoms with E-state index < -0.39 is 5.91 Å². The van der Waals surface area contributed by atoms with Crippen molar-refractivity contribution in [1.29, 1.82) is 0 Å². The molecule has 0 saturated carbocycles. The van der Waals surface area contributed by atoms with Crippen molar-refractivity contribution in [1.82, 2.24) is 19.8 Å². The highest BCUT2D eigenvalue weighted by Crippen LogP contribution is 2.15. The van der Waals surface area contributed by atoms with Gasteiger partial charge in [-0.1, -0.05) is 24.3 Å². The van der Waals surface area contributed by atoms with Crippen LogP contribution in [0.15, 0.2) is 59.4 Å². The first-order valence-corrected chi connectivity index (χ1v) is 11.0. The monoisotopic (exact) mass is 447 g/mol. The van der Waals surface area contributed by atoms with Gasteiger partial charge in [-0.3, -0.25) is 14.5 Å². The van der Waals surface area contributed by atoms with Gasteiger partial charge in [0.05, 0.1) is 7.11 Å². The van der Waals surface area contributed by atoms with Gasteiger partial charge in [-0.05, 0) is 42.4 Å². The minimum atomic E-state index is -0.413. The summed E-state index contributed by atoms with van der Waals surface area (Å²) in [5.74, 6) is 0.770. The van der Waals surface area contributed by atoms with Crippen molar-refractivity contribution < 1.29 is 9.53 Å². The van der Waals surface area contributed by atoms with E-state index in [1.807, 2.05) is 48.5 Å². The first kappa shape index (κ1) is 22.7. The average molecular weight is 448 g/mol. The highest BCUT2D eigenvalue weighted by Gasteiger charge is 2.14. The third-order valence-electron chi connectivity index (χ3n) is 5.77. The maximum absolute atomic E-state index is 12.7. The number of piperazine rings is 1. The van der Waals surface area contributed by atoms with E-state index in [9.17, 15) is 9.59 Å². The molecule has 0 unspecified atom stereocenters. The Labute approximate surface area is 193 Å². The van der Waals surface area contributed by atoms with Crippen molar-refractivity contribution in [3.05, 3.63) is 87.6 Å². The summed E-state index contributed by atoms with van der Waals surface area (Å²) >= 11 is 0. The predicted octanol–water partition coefficient (Wildman–Crippen LogP) is 2.37. The Morgan fingerprint density at radius 2 is 1.70 bits per heavy atom. The number of ether oxygens (including phenoxy) is 1. The summed E-state index contributed by atoms with van der Waals surface area (Å²) in [4.78, 5) is 36.7. The number of anilines is 1. The number of carbonyl (C=O) groups excluding carboxylic acids is 1. The molecular formula is C25H29N5O3. The van der Waals surface area contributed by atoms with E-state index in [-0.39, 0.29) is 11.3 Å². The number of amides is 1. The molecule has 1 amide bonds. The number of hydrogen-bond acceptors (Lipinski definition) is 6. The number of rotatable bonds is 7. The molecule has 0 bridgehead atoms. The van der Waals surface area contributed by atoms with Crippen LogP contribution in [-0.4, -0.2) is 66.0 Å². The fourth-order valence-electron chi connectivity index (χ4n) is 3.80. The van der Waals surface area contributed by atoms with Gasteiger partial charge in [-0.15, -0.1) is 0 Å². The molecule has 1 aliphatic heterocycles. The molecule has 4 rings (SSSR count). The molecule has 2 N–H and O–H groups in total. The van der Waals surface area contributed by atoms with Gasteiger partial charge in [-0.25, -0.2) is 4.98 Å². The van der Waals surface area contributed by atoms with Gasteiger partial charge in [0.25, 0.3) is 11.5 Å². The summed E-state index contributed by atoms with van der Waals surface area (Å²) in [6, 6.07) is 16.5. The number of nitrogens with zero attached hydrogens (tertiary/aromatic N) is 3. The van der Waals surface area contributed by atoms with E-state index >= 15 is 0 Å². The molecule has 0 atom stereocenters. The number of likely N-dealkylation sites (N-methyl/N-ethyl adjacent to an activating group) is 1. The van der Waals surface area contributed by atoms with Crippen LogP contribution in [0.1, 0.15) is 27.4 Å². The van der Waals surface area contributed by atoms with Gasteiger partial charge in [0.2, 0.25) is 0 Å². The molecule has 0 aliphatic carbocycles. The Bertz CT molecular complexity index is 1130. The second-order valence-electron chi connectivity index (χ2n) is 8.33. The van der Waals surface area contributed by atoms with Crippen LogP contribution in [0.5, 0.6) is 5.75 Å². The van der Waals surface area contributed by atoms with E-state index in [4.69, 9.17) is 4.74 Å². The Morgan fingerprint density at radius 3 is 2.36 bits per heavy atom. The summed E-state index contributed by atoms with van der Waals surface area (Å²) in [5, 5.41) is 2.84. The second kappa shape index (κ2) is 10.4. The molecule has 1 aromatic heterocycles. The zero-order chi connectivity index (χ0) is 23.2. The minimum Gasteiger partial charge on any atom is -0.497 e. The summed E-state index contributed by atoms with van der Waals surface area (Å²) in [7, 11) is 3.75. The molecule has 1 aliphatic rings. The molecule has 1 saturated heterocycles. The Hall–Kier alpha value is -3.49. The lowest BCUT2D eigenvalue weighted by Gasteiger charge is -2.32. The number of nitrogens with one attached hydrogen (secondary N) is 2. The van der Waals surface area contributed by atoms with Crippen molar-refractivity contribution in [2.24, 2.45) is 0 Å². The Kier molecular flexibility index (Phi) is 7.16. The van der Waals surface area contributed by atoms with Crippen LogP contribution in [0.3, 0.4) is 0 Å². The summed E-state index contributed by atoms with van der Waals surface area (Å²) in [5.41, 5.74) is 2.55. The smallest absolute Gasteiger partial charge is 0.274 e. The third kappa shape index (κ3) is 6.27. The fraction of sp³-hybridized carbons (Fsp3) is 0.320. The summed E-state index contributed by atoms with van der Waals surface area (Å²) in [6.45, 7) is 5.17. The molecule has 0 radical (unpaired) electrons. The van der Waals surface area contributed by atoms with Crippen LogP contribution in [0.4, 0.5) is 5.69 Å². The first-order valence-electron chi connectivity index (χ1n) is 11.0. The number of benzene rings is 2. The molecule has 0 spiro atoms.